The van der Waals surface area contributed by atoms with Crippen molar-refractivity contribution < 1.29 is 23.5 Å². The SMILES string of the molecule is CC(C)(C)COc1ccc2c(c1)[C@@]1(COC(N)=N1)c1cc(B3OC(C)(C)C(C)(C)O3)ccc1O2. The molecule has 0 radical (unpaired) electrons. The average Bonchev–Trinajstić information content (AvgIpc) is 3.23. The molecule has 2 N–H and O–H groups in total. The lowest BCUT2D eigenvalue weighted by atomic mass is 9.74. The van der Waals surface area contributed by atoms with Gasteiger partial charge in [-0.15, -0.1) is 0 Å². The predicted octanol–water partition coefficient (Wildman–Crippen LogP) is 4.10. The number of aliphatic imine (C=N–C) groups is 1. The van der Waals surface area contributed by atoms with Crippen LogP contribution in [-0.2, 0) is 19.6 Å². The minimum Gasteiger partial charge on any atom is -0.493 e. The van der Waals surface area contributed by atoms with E-state index >= 15 is 0 Å². The molecule has 7 nitrogen and oxygen atoms in total. The highest BCUT2D eigenvalue weighted by Gasteiger charge is 2.53. The molecule has 0 bridgehead atoms. The third kappa shape index (κ3) is 3.73. The molecule has 5 rings (SSSR count). The summed E-state index contributed by atoms with van der Waals surface area (Å²) in [6, 6.07) is 11.9. The van der Waals surface area contributed by atoms with Crippen LogP contribution < -0.4 is 20.7 Å². The molecule has 1 spiro atoms. The molecule has 1 saturated heterocycles. The topological polar surface area (TPSA) is 84.5 Å². The number of ether oxygens (including phenoxy) is 3. The predicted molar refractivity (Wildman–Crippen MR) is 132 cm³/mol. The largest absolute Gasteiger partial charge is 0.494 e. The number of benzene rings is 2. The zero-order chi connectivity index (χ0) is 24.5. The Morgan fingerprint density at radius 2 is 1.59 bits per heavy atom. The summed E-state index contributed by atoms with van der Waals surface area (Å²) in [7, 11) is -0.501. The lowest BCUT2D eigenvalue weighted by Gasteiger charge is -2.34. The van der Waals surface area contributed by atoms with Gasteiger partial charge in [0.1, 0.15) is 23.9 Å². The van der Waals surface area contributed by atoms with Crippen molar-refractivity contribution in [3.8, 4) is 17.2 Å². The second-order valence-electron chi connectivity index (χ2n) is 11.6. The van der Waals surface area contributed by atoms with Crippen molar-refractivity contribution in [1.82, 2.24) is 0 Å². The molecule has 3 aliphatic heterocycles. The summed E-state index contributed by atoms with van der Waals surface area (Å²) < 4.78 is 30.7. The normalized spacial score (nSPS) is 24.2. The van der Waals surface area contributed by atoms with Gasteiger partial charge in [0.15, 0.2) is 5.54 Å². The van der Waals surface area contributed by atoms with Gasteiger partial charge in [0.25, 0.3) is 6.02 Å². The van der Waals surface area contributed by atoms with Crippen molar-refractivity contribution in [1.29, 1.82) is 0 Å². The lowest BCUT2D eigenvalue weighted by Crippen LogP contribution is -2.41. The second kappa shape index (κ2) is 7.39. The molecule has 8 heteroatoms. The van der Waals surface area contributed by atoms with Gasteiger partial charge < -0.3 is 29.3 Å². The first-order valence-electron chi connectivity index (χ1n) is 11.7. The van der Waals surface area contributed by atoms with Crippen molar-refractivity contribution in [3.05, 3.63) is 47.5 Å². The van der Waals surface area contributed by atoms with Crippen LogP contribution in [0.15, 0.2) is 41.4 Å². The summed E-state index contributed by atoms with van der Waals surface area (Å²) in [5, 5.41) is 0. The number of nitrogens with zero attached hydrogens (tertiary/aromatic N) is 1. The van der Waals surface area contributed by atoms with E-state index in [1.54, 1.807) is 0 Å². The fourth-order valence-electron chi connectivity index (χ4n) is 4.37. The first kappa shape index (κ1) is 23.1. The van der Waals surface area contributed by atoms with E-state index in [1.165, 1.54) is 0 Å². The van der Waals surface area contributed by atoms with Gasteiger partial charge in [-0.2, -0.15) is 0 Å². The van der Waals surface area contributed by atoms with Crippen LogP contribution in [0.2, 0.25) is 0 Å². The Hall–Kier alpha value is -2.71. The smallest absolute Gasteiger partial charge is 0.493 e. The number of hydrogen-bond donors (Lipinski definition) is 1. The average molecular weight is 464 g/mol. The number of rotatable bonds is 3. The highest BCUT2D eigenvalue weighted by Crippen LogP contribution is 2.51. The maximum atomic E-state index is 6.30. The van der Waals surface area contributed by atoms with E-state index < -0.39 is 23.9 Å². The summed E-state index contributed by atoms with van der Waals surface area (Å²) >= 11 is 0. The van der Waals surface area contributed by atoms with Gasteiger partial charge in [0.2, 0.25) is 0 Å². The van der Waals surface area contributed by atoms with Crippen molar-refractivity contribution in [3.63, 3.8) is 0 Å². The van der Waals surface area contributed by atoms with Gasteiger partial charge in [-0.3, -0.25) is 0 Å². The molecule has 1 fully saturated rings. The summed E-state index contributed by atoms with van der Waals surface area (Å²) in [5.74, 6) is 2.17. The Morgan fingerprint density at radius 1 is 0.971 bits per heavy atom. The molecule has 3 heterocycles. The van der Waals surface area contributed by atoms with Crippen LogP contribution in [-0.4, -0.2) is 37.6 Å². The molecule has 1 atom stereocenters. The molecule has 3 aliphatic rings. The zero-order valence-corrected chi connectivity index (χ0v) is 21.0. The first-order chi connectivity index (χ1) is 15.8. The van der Waals surface area contributed by atoms with Crippen LogP contribution in [0.4, 0.5) is 0 Å². The van der Waals surface area contributed by atoms with E-state index in [4.69, 9.17) is 34.2 Å². The Balaban J connectivity index is 1.57. The Bertz CT molecular complexity index is 1150. The number of fused-ring (bicyclic) bond motifs is 4. The van der Waals surface area contributed by atoms with E-state index in [0.717, 1.165) is 22.3 Å². The first-order valence-corrected chi connectivity index (χ1v) is 11.7. The molecule has 34 heavy (non-hydrogen) atoms. The number of hydrogen-bond acceptors (Lipinski definition) is 7. The second-order valence-corrected chi connectivity index (χ2v) is 11.6. The monoisotopic (exact) mass is 464 g/mol. The van der Waals surface area contributed by atoms with Gasteiger partial charge >= 0.3 is 7.12 Å². The molecule has 0 unspecified atom stereocenters. The van der Waals surface area contributed by atoms with Crippen LogP contribution in [0.3, 0.4) is 0 Å². The maximum absolute atomic E-state index is 6.30. The molecular formula is C26H33BN2O5. The third-order valence-corrected chi connectivity index (χ3v) is 6.99. The minimum atomic E-state index is -0.840. The highest BCUT2D eigenvalue weighted by atomic mass is 16.7. The summed E-state index contributed by atoms with van der Waals surface area (Å²) in [6.07, 6.45) is 0. The van der Waals surface area contributed by atoms with Crippen molar-refractivity contribution >= 4 is 18.6 Å². The van der Waals surface area contributed by atoms with E-state index in [0.29, 0.717) is 18.1 Å². The zero-order valence-electron chi connectivity index (χ0n) is 21.0. The number of amidine groups is 1. The summed E-state index contributed by atoms with van der Waals surface area (Å²) in [5.41, 5.74) is 6.98. The van der Waals surface area contributed by atoms with E-state index in [1.807, 2.05) is 64.1 Å². The van der Waals surface area contributed by atoms with Crippen LogP contribution in [0.25, 0.3) is 0 Å². The van der Waals surface area contributed by atoms with Crippen LogP contribution in [0.5, 0.6) is 17.2 Å². The minimum absolute atomic E-state index is 0.0352. The Morgan fingerprint density at radius 3 is 2.18 bits per heavy atom. The molecule has 0 aliphatic carbocycles. The summed E-state index contributed by atoms with van der Waals surface area (Å²) in [4.78, 5) is 4.79. The van der Waals surface area contributed by atoms with Crippen molar-refractivity contribution in [2.45, 2.75) is 65.2 Å². The van der Waals surface area contributed by atoms with Crippen molar-refractivity contribution in [2.24, 2.45) is 16.1 Å². The Kier molecular flexibility index (Phi) is 5.01. The fraction of sp³-hybridized carbons (Fsp3) is 0.500. The molecule has 180 valence electrons. The fourth-order valence-corrected chi connectivity index (χ4v) is 4.37. The molecule has 0 saturated carbocycles. The standard InChI is InChI=1S/C26H33BN2O5/c1-23(2,3)14-30-17-9-11-21-19(13-17)26(15-31-22(28)29-26)18-12-16(8-10-20(18)32-21)27-33-24(4,5)25(6,7)34-27/h8-13H,14-15H2,1-7H3,(H2,28,29)/t26-/m1/s1. The van der Waals surface area contributed by atoms with Gasteiger partial charge in [-0.25, -0.2) is 4.99 Å². The lowest BCUT2D eigenvalue weighted by molar-refractivity contribution is 0.00578. The Labute approximate surface area is 201 Å². The van der Waals surface area contributed by atoms with Crippen LogP contribution in [0, 0.1) is 5.41 Å². The number of nitrogens with two attached hydrogens (primary N) is 1. The van der Waals surface area contributed by atoms with Crippen molar-refractivity contribution in [2.75, 3.05) is 13.2 Å². The molecule has 0 amide bonds. The van der Waals surface area contributed by atoms with Gasteiger partial charge in [-0.05, 0) is 62.8 Å². The van der Waals surface area contributed by atoms with Crippen LogP contribution >= 0.6 is 0 Å². The van der Waals surface area contributed by atoms with Gasteiger partial charge in [-0.1, -0.05) is 32.9 Å². The van der Waals surface area contributed by atoms with E-state index in [9.17, 15) is 0 Å². The molecular weight excluding hydrogens is 431 g/mol. The highest BCUT2D eigenvalue weighted by molar-refractivity contribution is 6.62. The maximum Gasteiger partial charge on any atom is 0.494 e. The van der Waals surface area contributed by atoms with E-state index in [2.05, 4.69) is 20.8 Å². The van der Waals surface area contributed by atoms with Crippen LogP contribution in [0.1, 0.15) is 59.6 Å². The molecule has 2 aromatic rings. The third-order valence-electron chi connectivity index (χ3n) is 6.99. The summed E-state index contributed by atoms with van der Waals surface area (Å²) in [6.45, 7) is 15.4. The van der Waals surface area contributed by atoms with Gasteiger partial charge in [0.05, 0.1) is 17.8 Å². The molecule has 0 aromatic heterocycles. The molecule has 2 aromatic carbocycles. The van der Waals surface area contributed by atoms with E-state index in [-0.39, 0.29) is 18.0 Å². The quantitative estimate of drug-likeness (QED) is 0.689. The van der Waals surface area contributed by atoms with Gasteiger partial charge in [0, 0.05) is 11.1 Å².